The number of nitrogens with zero attached hydrogens (tertiary/aromatic N) is 3. The van der Waals surface area contributed by atoms with Crippen LogP contribution in [0.1, 0.15) is 31.6 Å². The molecule has 106 valence electrons. The first kappa shape index (κ1) is 13.2. The molecule has 2 aliphatic heterocycles. The number of nitrogens with one attached hydrogen (secondary N) is 1. The van der Waals surface area contributed by atoms with Crippen molar-refractivity contribution in [2.24, 2.45) is 0 Å². The van der Waals surface area contributed by atoms with Gasteiger partial charge in [-0.15, -0.1) is 0 Å². The van der Waals surface area contributed by atoms with Crippen molar-refractivity contribution in [2.75, 3.05) is 36.0 Å². The minimum Gasteiger partial charge on any atom is -0.338 e. The van der Waals surface area contributed by atoms with Crippen molar-refractivity contribution in [3.8, 4) is 0 Å². The van der Waals surface area contributed by atoms with Gasteiger partial charge in [-0.1, -0.05) is 12.8 Å². The Morgan fingerprint density at radius 1 is 1.26 bits per heavy atom. The van der Waals surface area contributed by atoms with Crippen LogP contribution in [0.15, 0.2) is 4.52 Å². The lowest BCUT2D eigenvalue weighted by atomic mass is 10.2. The Morgan fingerprint density at radius 3 is 2.84 bits per heavy atom. The monoisotopic (exact) mass is 282 g/mol. The Morgan fingerprint density at radius 2 is 2.11 bits per heavy atom. The van der Waals surface area contributed by atoms with E-state index in [0.717, 1.165) is 43.6 Å². The van der Waals surface area contributed by atoms with Crippen LogP contribution >= 0.6 is 11.8 Å². The van der Waals surface area contributed by atoms with Crippen molar-refractivity contribution >= 4 is 17.7 Å². The second-order valence-corrected chi connectivity index (χ2v) is 6.47. The maximum atomic E-state index is 5.41. The van der Waals surface area contributed by atoms with Crippen LogP contribution in [0, 0.1) is 0 Å². The minimum absolute atomic E-state index is 0.483. The first-order chi connectivity index (χ1) is 9.42. The Kier molecular flexibility index (Phi) is 4.61. The summed E-state index contributed by atoms with van der Waals surface area (Å²) in [5.41, 5.74) is 0. The first-order valence-electron chi connectivity index (χ1n) is 7.30. The van der Waals surface area contributed by atoms with Crippen molar-refractivity contribution < 1.29 is 4.52 Å². The predicted octanol–water partition coefficient (Wildman–Crippen LogP) is 1.70. The molecule has 3 rings (SSSR count). The van der Waals surface area contributed by atoms with Gasteiger partial charge in [0.15, 0.2) is 0 Å². The van der Waals surface area contributed by atoms with Crippen LogP contribution in [0.2, 0.25) is 0 Å². The summed E-state index contributed by atoms with van der Waals surface area (Å²) in [4.78, 5) is 6.84. The lowest BCUT2D eigenvalue weighted by molar-refractivity contribution is 0.362. The van der Waals surface area contributed by atoms with Crippen molar-refractivity contribution in [3.63, 3.8) is 0 Å². The fraction of sp³-hybridized carbons (Fsp3) is 0.846. The summed E-state index contributed by atoms with van der Waals surface area (Å²) in [6.45, 7) is 3.22. The summed E-state index contributed by atoms with van der Waals surface area (Å²) >= 11 is 2.00. The highest BCUT2D eigenvalue weighted by Gasteiger charge is 2.19. The van der Waals surface area contributed by atoms with E-state index in [1.807, 2.05) is 11.8 Å². The van der Waals surface area contributed by atoms with Crippen molar-refractivity contribution in [1.82, 2.24) is 15.5 Å². The molecule has 0 aliphatic carbocycles. The smallest absolute Gasteiger partial charge is 0.266 e. The van der Waals surface area contributed by atoms with Gasteiger partial charge in [0.2, 0.25) is 5.89 Å². The van der Waals surface area contributed by atoms with Gasteiger partial charge in [0, 0.05) is 43.6 Å². The van der Waals surface area contributed by atoms with Crippen LogP contribution in [-0.4, -0.2) is 47.3 Å². The molecule has 2 aliphatic rings. The highest BCUT2D eigenvalue weighted by atomic mass is 32.2. The topological polar surface area (TPSA) is 54.2 Å². The highest BCUT2D eigenvalue weighted by molar-refractivity contribution is 7.99. The Balaban J connectivity index is 1.58. The largest absolute Gasteiger partial charge is 0.338 e. The molecule has 2 saturated heterocycles. The lowest BCUT2D eigenvalue weighted by Gasteiger charge is -2.21. The minimum atomic E-state index is 0.483. The van der Waals surface area contributed by atoms with Gasteiger partial charge in [0.25, 0.3) is 5.95 Å². The molecule has 2 fully saturated rings. The average molecular weight is 282 g/mol. The van der Waals surface area contributed by atoms with Crippen LogP contribution in [0.4, 0.5) is 5.95 Å². The molecule has 0 saturated carbocycles. The van der Waals surface area contributed by atoms with E-state index in [0.29, 0.717) is 6.04 Å². The summed E-state index contributed by atoms with van der Waals surface area (Å²) in [7, 11) is 0. The van der Waals surface area contributed by atoms with E-state index in [1.54, 1.807) is 0 Å². The summed E-state index contributed by atoms with van der Waals surface area (Å²) in [6.07, 6.45) is 5.98. The molecule has 1 N–H and O–H groups in total. The summed E-state index contributed by atoms with van der Waals surface area (Å²) in [6, 6.07) is 0.483. The van der Waals surface area contributed by atoms with Crippen molar-refractivity contribution in [1.29, 1.82) is 0 Å². The second-order valence-electron chi connectivity index (χ2n) is 5.32. The quantitative estimate of drug-likeness (QED) is 0.910. The molecule has 0 spiro atoms. The fourth-order valence-electron chi connectivity index (χ4n) is 2.69. The summed E-state index contributed by atoms with van der Waals surface area (Å²) < 4.78 is 5.41. The second kappa shape index (κ2) is 6.61. The number of anilines is 1. The molecule has 0 amide bonds. The molecule has 3 heterocycles. The molecular formula is C13H22N4OS. The molecule has 0 aromatic carbocycles. The maximum Gasteiger partial charge on any atom is 0.266 e. The normalized spacial score (nSPS) is 25.3. The molecule has 1 aromatic rings. The van der Waals surface area contributed by atoms with Crippen LogP contribution in [-0.2, 0) is 6.42 Å². The van der Waals surface area contributed by atoms with Crippen molar-refractivity contribution in [2.45, 2.75) is 38.1 Å². The number of hydrogen-bond donors (Lipinski definition) is 1. The fourth-order valence-corrected chi connectivity index (χ4v) is 3.64. The van der Waals surface area contributed by atoms with E-state index in [1.165, 1.54) is 31.4 Å². The number of rotatable bonds is 3. The Hall–Kier alpha value is -0.750. The van der Waals surface area contributed by atoms with Gasteiger partial charge in [-0.25, -0.2) is 0 Å². The van der Waals surface area contributed by atoms with E-state index < -0.39 is 0 Å². The third-order valence-electron chi connectivity index (χ3n) is 3.77. The predicted molar refractivity (Wildman–Crippen MR) is 77.8 cm³/mol. The molecule has 1 aromatic heterocycles. The molecular weight excluding hydrogens is 260 g/mol. The molecule has 0 radical (unpaired) electrons. The lowest BCUT2D eigenvalue weighted by Crippen LogP contribution is -2.39. The van der Waals surface area contributed by atoms with Gasteiger partial charge in [-0.05, 0) is 18.0 Å². The molecule has 6 heteroatoms. The van der Waals surface area contributed by atoms with Crippen LogP contribution < -0.4 is 10.2 Å². The Bertz CT molecular complexity index is 384. The number of aromatic nitrogens is 2. The molecule has 0 bridgehead atoms. The molecule has 19 heavy (non-hydrogen) atoms. The van der Waals surface area contributed by atoms with Gasteiger partial charge in [-0.2, -0.15) is 16.7 Å². The van der Waals surface area contributed by atoms with E-state index in [-0.39, 0.29) is 0 Å². The third kappa shape index (κ3) is 3.63. The first-order valence-corrected chi connectivity index (χ1v) is 8.46. The molecule has 1 atom stereocenters. The average Bonchev–Trinajstić information content (AvgIpc) is 2.74. The summed E-state index contributed by atoms with van der Waals surface area (Å²) in [5, 5.41) is 7.66. The SMILES string of the molecule is C1CCCN(c2noc(CC3CSCCN3)n2)CC1. The van der Waals surface area contributed by atoms with Crippen molar-refractivity contribution in [3.05, 3.63) is 5.89 Å². The zero-order valence-electron chi connectivity index (χ0n) is 11.3. The zero-order valence-corrected chi connectivity index (χ0v) is 12.1. The van der Waals surface area contributed by atoms with Crippen LogP contribution in [0.3, 0.4) is 0 Å². The molecule has 5 nitrogen and oxygen atoms in total. The van der Waals surface area contributed by atoms with Gasteiger partial charge >= 0.3 is 0 Å². The zero-order chi connectivity index (χ0) is 12.9. The van der Waals surface area contributed by atoms with E-state index in [4.69, 9.17) is 4.52 Å². The highest BCUT2D eigenvalue weighted by Crippen LogP contribution is 2.18. The third-order valence-corrected chi connectivity index (χ3v) is 4.90. The van der Waals surface area contributed by atoms with Gasteiger partial charge in [0.1, 0.15) is 0 Å². The van der Waals surface area contributed by atoms with Crippen LogP contribution in [0.5, 0.6) is 0 Å². The van der Waals surface area contributed by atoms with Gasteiger partial charge < -0.3 is 14.7 Å². The maximum absolute atomic E-state index is 5.41. The molecule has 1 unspecified atom stereocenters. The number of thioether (sulfide) groups is 1. The summed E-state index contributed by atoms with van der Waals surface area (Å²) in [5.74, 6) is 3.92. The number of hydrogen-bond acceptors (Lipinski definition) is 6. The Labute approximate surface area is 118 Å². The van der Waals surface area contributed by atoms with Crippen LogP contribution in [0.25, 0.3) is 0 Å². The van der Waals surface area contributed by atoms with Gasteiger partial charge in [-0.3, -0.25) is 0 Å². The standard InChI is InChI=1S/C13H22N4OS/c1-2-4-7-17(6-3-1)13-15-12(18-16-13)9-11-10-19-8-5-14-11/h11,14H,1-10H2. The van der Waals surface area contributed by atoms with E-state index >= 15 is 0 Å². The van der Waals surface area contributed by atoms with E-state index in [2.05, 4.69) is 20.4 Å². The van der Waals surface area contributed by atoms with E-state index in [9.17, 15) is 0 Å². The van der Waals surface area contributed by atoms with Gasteiger partial charge in [0.05, 0.1) is 0 Å².